The molecule has 1 amide bonds. The lowest BCUT2D eigenvalue weighted by atomic mass is 10.2. The molecule has 1 N–H and O–H groups in total. The number of hydrogen-bond acceptors (Lipinski definition) is 2. The second-order valence-corrected chi connectivity index (χ2v) is 6.29. The van der Waals surface area contributed by atoms with Crippen molar-refractivity contribution in [3.8, 4) is 0 Å². The standard InChI is InChI=1S/C13H21BrN2OS/c1-4-6-16-9-11(14)8-12(16)13(17)15-10(2)5-7-18-3/h8-10H,4-7H2,1-3H3,(H,15,17). The fraction of sp³-hybridized carbons (Fsp3) is 0.615. The van der Waals surface area contributed by atoms with Crippen LogP contribution in [0.3, 0.4) is 0 Å². The van der Waals surface area contributed by atoms with E-state index in [1.165, 1.54) is 0 Å². The van der Waals surface area contributed by atoms with Crippen LogP contribution in [0.1, 0.15) is 37.2 Å². The van der Waals surface area contributed by atoms with Gasteiger partial charge in [-0.1, -0.05) is 6.92 Å². The number of rotatable bonds is 7. The number of carbonyl (C=O) groups is 1. The third-order valence-electron chi connectivity index (χ3n) is 2.69. The Morgan fingerprint density at radius 3 is 2.94 bits per heavy atom. The monoisotopic (exact) mass is 332 g/mol. The molecule has 5 heteroatoms. The van der Waals surface area contributed by atoms with Crippen molar-refractivity contribution in [2.75, 3.05) is 12.0 Å². The zero-order chi connectivity index (χ0) is 13.5. The average Bonchev–Trinajstić information content (AvgIpc) is 2.68. The SMILES string of the molecule is CCCn1cc(Br)cc1C(=O)NC(C)CCSC. The van der Waals surface area contributed by atoms with E-state index < -0.39 is 0 Å². The Hall–Kier alpha value is -0.420. The molecule has 0 aromatic carbocycles. The quantitative estimate of drug-likeness (QED) is 0.828. The van der Waals surface area contributed by atoms with Gasteiger partial charge in [0.15, 0.2) is 0 Å². The molecule has 0 bridgehead atoms. The van der Waals surface area contributed by atoms with E-state index in [0.29, 0.717) is 0 Å². The molecule has 0 aliphatic rings. The maximum absolute atomic E-state index is 12.2. The van der Waals surface area contributed by atoms with Crippen LogP contribution in [0.2, 0.25) is 0 Å². The van der Waals surface area contributed by atoms with E-state index in [4.69, 9.17) is 0 Å². The molecule has 0 radical (unpaired) electrons. The van der Waals surface area contributed by atoms with Crippen LogP contribution < -0.4 is 5.32 Å². The summed E-state index contributed by atoms with van der Waals surface area (Å²) >= 11 is 5.23. The Kier molecular flexibility index (Phi) is 6.86. The van der Waals surface area contributed by atoms with Gasteiger partial charge in [-0.2, -0.15) is 11.8 Å². The maximum Gasteiger partial charge on any atom is 0.268 e. The number of hydrogen-bond donors (Lipinski definition) is 1. The smallest absolute Gasteiger partial charge is 0.268 e. The van der Waals surface area contributed by atoms with Gasteiger partial charge in [-0.15, -0.1) is 0 Å². The number of thioether (sulfide) groups is 1. The lowest BCUT2D eigenvalue weighted by Crippen LogP contribution is -2.34. The summed E-state index contributed by atoms with van der Waals surface area (Å²) in [6.45, 7) is 5.03. The van der Waals surface area contributed by atoms with E-state index in [1.807, 2.05) is 16.8 Å². The first-order valence-corrected chi connectivity index (χ1v) is 8.42. The van der Waals surface area contributed by atoms with Crippen LogP contribution in [0, 0.1) is 0 Å². The van der Waals surface area contributed by atoms with Crippen LogP contribution in [-0.2, 0) is 6.54 Å². The highest BCUT2D eigenvalue weighted by Crippen LogP contribution is 2.16. The average molecular weight is 333 g/mol. The number of aryl methyl sites for hydroxylation is 1. The largest absolute Gasteiger partial charge is 0.348 e. The Morgan fingerprint density at radius 1 is 1.61 bits per heavy atom. The number of carbonyl (C=O) groups excluding carboxylic acids is 1. The highest BCUT2D eigenvalue weighted by atomic mass is 79.9. The van der Waals surface area contributed by atoms with Gasteiger partial charge in [0.25, 0.3) is 5.91 Å². The Labute approximate surface area is 122 Å². The zero-order valence-electron chi connectivity index (χ0n) is 11.2. The minimum Gasteiger partial charge on any atom is -0.348 e. The number of halogens is 1. The van der Waals surface area contributed by atoms with Crippen molar-refractivity contribution in [2.45, 2.75) is 39.3 Å². The van der Waals surface area contributed by atoms with Crippen molar-refractivity contribution in [3.05, 3.63) is 22.4 Å². The molecular weight excluding hydrogens is 312 g/mol. The second-order valence-electron chi connectivity index (χ2n) is 4.39. The third-order valence-corrected chi connectivity index (χ3v) is 3.77. The minimum absolute atomic E-state index is 0.0164. The fourth-order valence-electron chi connectivity index (χ4n) is 1.76. The summed E-state index contributed by atoms with van der Waals surface area (Å²) in [6, 6.07) is 2.10. The van der Waals surface area contributed by atoms with E-state index in [-0.39, 0.29) is 11.9 Å². The van der Waals surface area contributed by atoms with Crippen LogP contribution in [0.5, 0.6) is 0 Å². The van der Waals surface area contributed by atoms with Gasteiger partial charge < -0.3 is 9.88 Å². The number of nitrogens with zero attached hydrogens (tertiary/aromatic N) is 1. The molecule has 1 aromatic heterocycles. The molecule has 0 saturated carbocycles. The van der Waals surface area contributed by atoms with E-state index >= 15 is 0 Å². The van der Waals surface area contributed by atoms with Crippen molar-refractivity contribution in [2.24, 2.45) is 0 Å². The molecule has 18 heavy (non-hydrogen) atoms. The van der Waals surface area contributed by atoms with Crippen molar-refractivity contribution in [1.29, 1.82) is 0 Å². The summed E-state index contributed by atoms with van der Waals surface area (Å²) in [4.78, 5) is 12.2. The van der Waals surface area contributed by atoms with Gasteiger partial charge in [0, 0.05) is 23.3 Å². The number of nitrogens with one attached hydrogen (secondary N) is 1. The molecule has 0 aliphatic heterocycles. The summed E-state index contributed by atoms with van der Waals surface area (Å²) in [6.07, 6.45) is 6.06. The summed E-state index contributed by atoms with van der Waals surface area (Å²) < 4.78 is 2.96. The Morgan fingerprint density at radius 2 is 2.33 bits per heavy atom. The summed E-state index contributed by atoms with van der Waals surface area (Å²) in [5.74, 6) is 1.09. The Bertz CT molecular complexity index is 392. The molecule has 0 spiro atoms. The highest BCUT2D eigenvalue weighted by Gasteiger charge is 2.14. The predicted molar refractivity (Wildman–Crippen MR) is 82.4 cm³/mol. The first kappa shape index (κ1) is 15.6. The van der Waals surface area contributed by atoms with Crippen LogP contribution in [-0.4, -0.2) is 28.5 Å². The molecule has 0 aliphatic carbocycles. The topological polar surface area (TPSA) is 34.0 Å². The van der Waals surface area contributed by atoms with E-state index in [0.717, 1.165) is 35.3 Å². The first-order chi connectivity index (χ1) is 8.58. The minimum atomic E-state index is 0.0164. The lowest BCUT2D eigenvalue weighted by Gasteiger charge is -2.14. The molecule has 0 saturated heterocycles. The summed E-state index contributed by atoms with van der Waals surface area (Å²) in [5, 5.41) is 3.05. The van der Waals surface area contributed by atoms with Crippen LogP contribution in [0.4, 0.5) is 0 Å². The molecule has 0 fully saturated rings. The van der Waals surface area contributed by atoms with Crippen molar-refractivity contribution < 1.29 is 4.79 Å². The van der Waals surface area contributed by atoms with Gasteiger partial charge in [-0.25, -0.2) is 0 Å². The van der Waals surface area contributed by atoms with Gasteiger partial charge in [-0.05, 0) is 53.8 Å². The molecule has 1 heterocycles. The van der Waals surface area contributed by atoms with Gasteiger partial charge in [-0.3, -0.25) is 4.79 Å². The third kappa shape index (κ3) is 4.69. The van der Waals surface area contributed by atoms with E-state index in [9.17, 15) is 4.79 Å². The van der Waals surface area contributed by atoms with Gasteiger partial charge in [0.1, 0.15) is 5.69 Å². The van der Waals surface area contributed by atoms with E-state index in [2.05, 4.69) is 41.3 Å². The number of amides is 1. The first-order valence-electron chi connectivity index (χ1n) is 6.24. The van der Waals surface area contributed by atoms with Gasteiger partial charge >= 0.3 is 0 Å². The van der Waals surface area contributed by atoms with Crippen molar-refractivity contribution in [3.63, 3.8) is 0 Å². The normalized spacial score (nSPS) is 12.4. The predicted octanol–water partition coefficient (Wildman–Crippen LogP) is 3.53. The molecule has 102 valence electrons. The second kappa shape index (κ2) is 7.89. The van der Waals surface area contributed by atoms with Crippen LogP contribution >= 0.6 is 27.7 Å². The molecule has 1 aromatic rings. The van der Waals surface area contributed by atoms with Gasteiger partial charge in [0.05, 0.1) is 0 Å². The Balaban J connectivity index is 2.65. The molecule has 1 rings (SSSR count). The summed E-state index contributed by atoms with van der Waals surface area (Å²) in [7, 11) is 0. The van der Waals surface area contributed by atoms with Crippen LogP contribution in [0.15, 0.2) is 16.7 Å². The highest BCUT2D eigenvalue weighted by molar-refractivity contribution is 9.10. The molecule has 3 nitrogen and oxygen atoms in total. The van der Waals surface area contributed by atoms with Gasteiger partial charge in [0.2, 0.25) is 0 Å². The molecule has 1 atom stereocenters. The fourth-order valence-corrected chi connectivity index (χ4v) is 2.81. The maximum atomic E-state index is 12.2. The summed E-state index contributed by atoms with van der Waals surface area (Å²) in [5.41, 5.74) is 0.736. The van der Waals surface area contributed by atoms with E-state index in [1.54, 1.807) is 11.8 Å². The van der Waals surface area contributed by atoms with Crippen LogP contribution in [0.25, 0.3) is 0 Å². The zero-order valence-corrected chi connectivity index (χ0v) is 13.6. The van der Waals surface area contributed by atoms with Crippen molar-refractivity contribution in [1.82, 2.24) is 9.88 Å². The molecular formula is C13H21BrN2OS. The lowest BCUT2D eigenvalue weighted by molar-refractivity contribution is 0.0930. The molecule has 1 unspecified atom stereocenters. The van der Waals surface area contributed by atoms with Crippen molar-refractivity contribution >= 4 is 33.6 Å². The number of aromatic nitrogens is 1.